The molecule has 2 atom stereocenters. The largest absolute Gasteiger partial charge is 0.480 e. The number of fused-ring (bicyclic) bond motifs is 2. The molecule has 0 saturated carbocycles. The third-order valence-corrected chi connectivity index (χ3v) is 6.60. The van der Waals surface area contributed by atoms with Crippen LogP contribution in [0, 0.1) is 34.5 Å². The molecule has 0 fully saturated rings. The summed E-state index contributed by atoms with van der Waals surface area (Å²) in [6.07, 6.45) is 14.7. The molecule has 0 saturated heterocycles. The van der Waals surface area contributed by atoms with Crippen LogP contribution in [0.25, 0.3) is 0 Å². The van der Waals surface area contributed by atoms with Gasteiger partial charge < -0.3 is 31.2 Å². The highest BCUT2D eigenvalue weighted by Gasteiger charge is 2.46. The van der Waals surface area contributed by atoms with Crippen LogP contribution in [0.5, 0.6) is 0 Å². The fourth-order valence-electron chi connectivity index (χ4n) is 5.08. The zero-order valence-electron chi connectivity index (χ0n) is 19.4. The van der Waals surface area contributed by atoms with Crippen LogP contribution in [0.2, 0.25) is 0 Å². The molecule has 4 aliphatic rings. The predicted molar refractivity (Wildman–Crippen MR) is 132 cm³/mol. The van der Waals surface area contributed by atoms with Crippen LogP contribution in [0.15, 0.2) is 94.2 Å². The Kier molecular flexibility index (Phi) is 6.60. The first-order chi connectivity index (χ1) is 18.0. The lowest BCUT2D eigenvalue weighted by Gasteiger charge is -2.33. The van der Waals surface area contributed by atoms with Gasteiger partial charge in [0.1, 0.15) is 0 Å². The van der Waals surface area contributed by atoms with E-state index in [1.54, 1.807) is 12.2 Å². The van der Waals surface area contributed by atoms with Crippen molar-refractivity contribution in [1.82, 2.24) is 0 Å². The van der Waals surface area contributed by atoms with Crippen LogP contribution in [-0.2, 0) is 24.0 Å². The molecule has 0 heterocycles. The van der Waals surface area contributed by atoms with Crippen LogP contribution in [-0.4, -0.2) is 61.5 Å². The number of nitrogens with one attached hydrogen (secondary N) is 2. The summed E-state index contributed by atoms with van der Waals surface area (Å²) < 4.78 is 0. The predicted octanol–water partition coefficient (Wildman–Crippen LogP) is 2.12. The molecule has 0 aromatic rings. The number of carbonyl (C=O) groups is 5. The van der Waals surface area contributed by atoms with Gasteiger partial charge in [-0.05, 0) is 34.4 Å². The van der Waals surface area contributed by atoms with Crippen LogP contribution in [0.4, 0.5) is 0 Å². The molecule has 2 unspecified atom stereocenters. The SMILES string of the molecule is N=C1C=C2C=CC=CC2C(C(C(=O)O)C(=O)O)=C1C(=O)C1=C(C(C(=O)O)C(=O)O)C2C=CC=CC2=CC1=N. The summed E-state index contributed by atoms with van der Waals surface area (Å²) in [7, 11) is 0. The molecule has 11 heteroatoms. The third kappa shape index (κ3) is 4.19. The van der Waals surface area contributed by atoms with Crippen molar-refractivity contribution < 1.29 is 44.4 Å². The van der Waals surface area contributed by atoms with Crippen molar-refractivity contribution in [3.63, 3.8) is 0 Å². The lowest BCUT2D eigenvalue weighted by Crippen LogP contribution is -2.38. The van der Waals surface area contributed by atoms with E-state index in [1.807, 2.05) is 0 Å². The summed E-state index contributed by atoms with van der Waals surface area (Å²) >= 11 is 0. The fourth-order valence-corrected chi connectivity index (χ4v) is 5.08. The Morgan fingerprint density at radius 3 is 1.26 bits per heavy atom. The maximum absolute atomic E-state index is 14.1. The minimum absolute atomic E-state index is 0.362. The molecular weight excluding hydrogens is 496 g/mol. The zero-order chi connectivity index (χ0) is 27.9. The van der Waals surface area contributed by atoms with E-state index in [9.17, 15) is 44.4 Å². The van der Waals surface area contributed by atoms with E-state index in [-0.39, 0.29) is 0 Å². The number of carboxylic acids is 4. The Hall–Kier alpha value is -5.19. The fraction of sp³-hybridized carbons (Fsp3) is 0.148. The van der Waals surface area contributed by atoms with Crippen molar-refractivity contribution in [3.8, 4) is 0 Å². The molecule has 0 spiro atoms. The highest BCUT2D eigenvalue weighted by Crippen LogP contribution is 2.42. The standard InChI is InChI=1S/C27H20N2O9/c28-15-9-11-5-1-3-7-13(11)17(21(24(31)32)25(33)34)19(15)23(30)20-16(29)10-12-6-2-4-8-14(12)18(20)22(26(35)36)27(37)38/h1-10,13-14,21-22,28-29H,(H,31,32)(H,33,34)(H,35,36)(H,37,38). The number of ketones is 1. The molecule has 0 bridgehead atoms. The van der Waals surface area contributed by atoms with Crippen LogP contribution < -0.4 is 0 Å². The molecule has 11 nitrogen and oxygen atoms in total. The van der Waals surface area contributed by atoms with E-state index in [2.05, 4.69) is 0 Å². The van der Waals surface area contributed by atoms with Gasteiger partial charge in [0.25, 0.3) is 0 Å². The number of carboxylic acid groups (broad SMARTS) is 4. The monoisotopic (exact) mass is 516 g/mol. The summed E-state index contributed by atoms with van der Waals surface area (Å²) in [5.41, 5.74) is -2.50. The van der Waals surface area contributed by atoms with Crippen molar-refractivity contribution in [2.45, 2.75) is 0 Å². The van der Waals surface area contributed by atoms with Gasteiger partial charge in [-0.25, -0.2) is 0 Å². The third-order valence-electron chi connectivity index (χ3n) is 6.60. The topological polar surface area (TPSA) is 214 Å². The summed E-state index contributed by atoms with van der Waals surface area (Å²) in [5, 5.41) is 56.2. The second-order valence-electron chi connectivity index (χ2n) is 8.77. The van der Waals surface area contributed by atoms with Crippen LogP contribution in [0.1, 0.15) is 0 Å². The molecule has 0 radical (unpaired) electrons. The molecule has 4 rings (SSSR count). The number of hydrogen-bond donors (Lipinski definition) is 6. The van der Waals surface area contributed by atoms with E-state index >= 15 is 0 Å². The zero-order valence-corrected chi connectivity index (χ0v) is 19.4. The van der Waals surface area contributed by atoms with E-state index < -0.39 is 87.0 Å². The Morgan fingerprint density at radius 2 is 0.947 bits per heavy atom. The number of allylic oxidation sites excluding steroid dienone is 14. The van der Waals surface area contributed by atoms with Crippen molar-refractivity contribution >= 4 is 41.1 Å². The molecule has 38 heavy (non-hydrogen) atoms. The molecule has 192 valence electrons. The van der Waals surface area contributed by atoms with Gasteiger partial charge in [-0.2, -0.15) is 0 Å². The average molecular weight is 516 g/mol. The normalized spacial score (nSPS) is 21.8. The van der Waals surface area contributed by atoms with Gasteiger partial charge in [0.2, 0.25) is 0 Å². The highest BCUT2D eigenvalue weighted by molar-refractivity contribution is 6.41. The number of hydrogen-bond acceptors (Lipinski definition) is 7. The number of rotatable bonds is 8. The molecule has 0 amide bonds. The second kappa shape index (κ2) is 9.69. The lowest BCUT2D eigenvalue weighted by molar-refractivity contribution is -0.154. The van der Waals surface area contributed by atoms with E-state index in [1.165, 1.54) is 48.6 Å². The first-order valence-electron chi connectivity index (χ1n) is 11.2. The molecular formula is C27H20N2O9. The summed E-state index contributed by atoms with van der Waals surface area (Å²) in [6.45, 7) is 0. The minimum atomic E-state index is -2.25. The van der Waals surface area contributed by atoms with Crippen molar-refractivity contribution in [2.75, 3.05) is 0 Å². The quantitative estimate of drug-likeness (QED) is 0.260. The second-order valence-corrected chi connectivity index (χ2v) is 8.77. The van der Waals surface area contributed by atoms with Gasteiger partial charge in [-0.1, -0.05) is 48.6 Å². The van der Waals surface area contributed by atoms with E-state index in [0.29, 0.717) is 11.1 Å². The molecule has 0 aromatic carbocycles. The number of aliphatic carboxylic acids is 4. The van der Waals surface area contributed by atoms with Crippen LogP contribution >= 0.6 is 0 Å². The van der Waals surface area contributed by atoms with Crippen molar-refractivity contribution in [2.24, 2.45) is 23.7 Å². The van der Waals surface area contributed by atoms with Gasteiger partial charge in [0.05, 0.1) is 11.4 Å². The minimum Gasteiger partial charge on any atom is -0.480 e. The summed E-state index contributed by atoms with van der Waals surface area (Å²) in [4.78, 5) is 62.4. The van der Waals surface area contributed by atoms with E-state index in [4.69, 9.17) is 10.8 Å². The lowest BCUT2D eigenvalue weighted by atomic mass is 9.68. The Morgan fingerprint density at radius 1 is 0.605 bits per heavy atom. The van der Waals surface area contributed by atoms with Crippen LogP contribution in [0.3, 0.4) is 0 Å². The van der Waals surface area contributed by atoms with Gasteiger partial charge in [0.15, 0.2) is 17.6 Å². The molecule has 0 aliphatic heterocycles. The molecule has 6 N–H and O–H groups in total. The molecule has 4 aliphatic carbocycles. The Labute approximate surface area is 214 Å². The Balaban J connectivity index is 2.05. The molecule has 0 aromatic heterocycles. The first-order valence-corrected chi connectivity index (χ1v) is 11.2. The maximum atomic E-state index is 14.1. The number of carbonyl (C=O) groups excluding carboxylic acids is 1. The maximum Gasteiger partial charge on any atom is 0.322 e. The van der Waals surface area contributed by atoms with Gasteiger partial charge in [-0.3, -0.25) is 24.0 Å². The van der Waals surface area contributed by atoms with Crippen molar-refractivity contribution in [3.05, 3.63) is 94.2 Å². The average Bonchev–Trinajstić information content (AvgIpc) is 2.82. The van der Waals surface area contributed by atoms with Gasteiger partial charge >= 0.3 is 23.9 Å². The smallest absolute Gasteiger partial charge is 0.322 e. The van der Waals surface area contributed by atoms with Gasteiger partial charge in [-0.15, -0.1) is 0 Å². The van der Waals surface area contributed by atoms with Crippen molar-refractivity contribution in [1.29, 1.82) is 10.8 Å². The number of Topliss-reactive ketones (excluding diaryl/α,β-unsaturated/α-hetero) is 1. The van der Waals surface area contributed by atoms with E-state index in [0.717, 1.165) is 0 Å². The summed E-state index contributed by atoms with van der Waals surface area (Å²) in [5.74, 6) is -14.9. The summed E-state index contributed by atoms with van der Waals surface area (Å²) in [6, 6.07) is 0. The van der Waals surface area contributed by atoms with Gasteiger partial charge in [0, 0.05) is 23.0 Å². The Bertz CT molecular complexity index is 1360. The highest BCUT2D eigenvalue weighted by atomic mass is 16.4. The first kappa shape index (κ1) is 25.9.